The van der Waals surface area contributed by atoms with Gasteiger partial charge in [-0.05, 0) is 29.7 Å². The summed E-state index contributed by atoms with van der Waals surface area (Å²) in [6, 6.07) is 7.77. The third-order valence-corrected chi connectivity index (χ3v) is 6.87. The maximum atomic E-state index is 12.6. The first-order chi connectivity index (χ1) is 16.6. The fourth-order valence-corrected chi connectivity index (χ4v) is 5.04. The van der Waals surface area contributed by atoms with Gasteiger partial charge in [0.1, 0.15) is 0 Å². The predicted molar refractivity (Wildman–Crippen MR) is 125 cm³/mol. The highest BCUT2D eigenvalue weighted by atomic mass is 16.2. The first kappa shape index (κ1) is 22.3. The Morgan fingerprint density at radius 3 is 2.65 bits per heavy atom. The Bertz CT molecular complexity index is 1070. The molecule has 3 aliphatic heterocycles. The van der Waals surface area contributed by atoms with Crippen LogP contribution in [0.25, 0.3) is 0 Å². The van der Waals surface area contributed by atoms with E-state index in [1.165, 1.54) is 5.56 Å². The minimum Gasteiger partial charge on any atom is -0.350 e. The standard InChI is InChI=1S/C24H29N7O3/c32-20(27-16-21(33)30-11-13-31(14-12-30)24-25-7-2-8-26-24)6-10-29-9-5-17-3-1-4-18-22(17)19(29)15-28-23(18)34/h1-4,7-8,19H,5-6,9-16H2,(H,27,32)(H,28,34). The van der Waals surface area contributed by atoms with Crippen molar-refractivity contribution in [2.45, 2.75) is 18.9 Å². The van der Waals surface area contributed by atoms with Crippen LogP contribution in [0.3, 0.4) is 0 Å². The molecule has 10 nitrogen and oxygen atoms in total. The molecule has 1 fully saturated rings. The van der Waals surface area contributed by atoms with Crippen LogP contribution in [0.2, 0.25) is 0 Å². The number of hydrogen-bond donors (Lipinski definition) is 2. The maximum absolute atomic E-state index is 12.6. The molecule has 178 valence electrons. The summed E-state index contributed by atoms with van der Waals surface area (Å²) in [6.07, 6.45) is 4.60. The van der Waals surface area contributed by atoms with Crippen molar-refractivity contribution in [1.82, 2.24) is 30.4 Å². The summed E-state index contributed by atoms with van der Waals surface area (Å²) >= 11 is 0. The lowest BCUT2D eigenvalue weighted by Gasteiger charge is -2.40. The van der Waals surface area contributed by atoms with Crippen LogP contribution in [0.5, 0.6) is 0 Å². The van der Waals surface area contributed by atoms with Crippen molar-refractivity contribution in [3.05, 3.63) is 53.3 Å². The number of anilines is 1. The quantitative estimate of drug-likeness (QED) is 0.619. The number of piperazine rings is 1. The van der Waals surface area contributed by atoms with E-state index in [2.05, 4.69) is 36.5 Å². The average molecular weight is 464 g/mol. The van der Waals surface area contributed by atoms with Crippen molar-refractivity contribution in [3.63, 3.8) is 0 Å². The van der Waals surface area contributed by atoms with E-state index in [9.17, 15) is 14.4 Å². The third kappa shape index (κ3) is 4.58. The highest BCUT2D eigenvalue weighted by molar-refractivity contribution is 5.97. The molecule has 1 atom stereocenters. The van der Waals surface area contributed by atoms with Crippen molar-refractivity contribution < 1.29 is 14.4 Å². The molecule has 3 amide bonds. The lowest BCUT2D eigenvalue weighted by atomic mass is 9.86. The Morgan fingerprint density at radius 2 is 1.85 bits per heavy atom. The first-order valence-corrected chi connectivity index (χ1v) is 11.8. The molecule has 0 spiro atoms. The molecule has 1 aromatic heterocycles. The minimum absolute atomic E-state index is 0.00708. The van der Waals surface area contributed by atoms with Crippen molar-refractivity contribution in [2.75, 3.05) is 57.3 Å². The van der Waals surface area contributed by atoms with E-state index >= 15 is 0 Å². The summed E-state index contributed by atoms with van der Waals surface area (Å²) < 4.78 is 0. The van der Waals surface area contributed by atoms with Gasteiger partial charge in [0.25, 0.3) is 5.91 Å². The molecule has 2 aromatic rings. The van der Waals surface area contributed by atoms with Gasteiger partial charge in [0.05, 0.1) is 12.6 Å². The Hall–Kier alpha value is -3.53. The topological polar surface area (TPSA) is 111 Å². The van der Waals surface area contributed by atoms with Gasteiger partial charge >= 0.3 is 0 Å². The predicted octanol–water partition coefficient (Wildman–Crippen LogP) is -0.0257. The molecule has 2 N–H and O–H groups in total. The van der Waals surface area contributed by atoms with E-state index < -0.39 is 0 Å². The lowest BCUT2D eigenvalue weighted by molar-refractivity contribution is -0.133. The Labute approximate surface area is 198 Å². The average Bonchev–Trinajstić information content (AvgIpc) is 2.89. The molecule has 34 heavy (non-hydrogen) atoms. The van der Waals surface area contributed by atoms with Gasteiger partial charge < -0.3 is 20.4 Å². The molecule has 4 heterocycles. The normalized spacial score (nSPS) is 19.9. The number of carbonyl (C=O) groups is 3. The summed E-state index contributed by atoms with van der Waals surface area (Å²) in [6.45, 7) is 4.49. The van der Waals surface area contributed by atoms with Crippen LogP contribution in [0.1, 0.15) is 33.9 Å². The van der Waals surface area contributed by atoms with Crippen LogP contribution in [0, 0.1) is 0 Å². The van der Waals surface area contributed by atoms with Crippen molar-refractivity contribution in [3.8, 4) is 0 Å². The summed E-state index contributed by atoms with van der Waals surface area (Å²) in [5.41, 5.74) is 3.07. The minimum atomic E-state index is -0.136. The largest absolute Gasteiger partial charge is 0.350 e. The third-order valence-electron chi connectivity index (χ3n) is 6.87. The SMILES string of the molecule is O=C(CCN1CCc2cccc3c2C1CNC3=O)NCC(=O)N1CCN(c2ncccn2)CC1. The van der Waals surface area contributed by atoms with Crippen LogP contribution < -0.4 is 15.5 Å². The highest BCUT2D eigenvalue weighted by Crippen LogP contribution is 2.34. The molecule has 0 aliphatic carbocycles. The van der Waals surface area contributed by atoms with E-state index in [4.69, 9.17) is 0 Å². The zero-order valence-corrected chi connectivity index (χ0v) is 19.1. The van der Waals surface area contributed by atoms with Gasteiger partial charge in [0, 0.05) is 70.2 Å². The van der Waals surface area contributed by atoms with Crippen molar-refractivity contribution in [2.24, 2.45) is 0 Å². The van der Waals surface area contributed by atoms with Crippen LogP contribution in [-0.2, 0) is 16.0 Å². The highest BCUT2D eigenvalue weighted by Gasteiger charge is 2.34. The van der Waals surface area contributed by atoms with Gasteiger partial charge in [-0.2, -0.15) is 0 Å². The first-order valence-electron chi connectivity index (χ1n) is 11.8. The maximum Gasteiger partial charge on any atom is 0.251 e. The fraction of sp³-hybridized carbons (Fsp3) is 0.458. The fourth-order valence-electron chi connectivity index (χ4n) is 5.04. The zero-order valence-electron chi connectivity index (χ0n) is 19.1. The molecule has 10 heteroatoms. The van der Waals surface area contributed by atoms with Crippen molar-refractivity contribution in [1.29, 1.82) is 0 Å². The smallest absolute Gasteiger partial charge is 0.251 e. The van der Waals surface area contributed by atoms with Crippen LogP contribution >= 0.6 is 0 Å². The van der Waals surface area contributed by atoms with Gasteiger partial charge in [-0.3, -0.25) is 19.3 Å². The molecule has 0 radical (unpaired) electrons. The van der Waals surface area contributed by atoms with Crippen LogP contribution in [0.4, 0.5) is 5.95 Å². The number of nitrogens with zero attached hydrogens (tertiary/aromatic N) is 5. The second-order valence-electron chi connectivity index (χ2n) is 8.83. The molecule has 0 bridgehead atoms. The number of rotatable bonds is 6. The second kappa shape index (κ2) is 9.76. The number of carbonyl (C=O) groups excluding carboxylic acids is 3. The van der Waals surface area contributed by atoms with Gasteiger partial charge in [-0.25, -0.2) is 9.97 Å². The van der Waals surface area contributed by atoms with Crippen LogP contribution in [0.15, 0.2) is 36.7 Å². The summed E-state index contributed by atoms with van der Waals surface area (Å²) in [7, 11) is 0. The summed E-state index contributed by atoms with van der Waals surface area (Å²) in [5.74, 6) is 0.438. The van der Waals surface area contributed by atoms with E-state index in [0.717, 1.165) is 24.1 Å². The zero-order chi connectivity index (χ0) is 23.5. The number of amides is 3. The molecule has 3 aliphatic rings. The monoisotopic (exact) mass is 463 g/mol. The molecular formula is C24H29N7O3. The summed E-state index contributed by atoms with van der Waals surface area (Å²) in [5, 5.41) is 5.75. The number of hydrogen-bond acceptors (Lipinski definition) is 7. The second-order valence-corrected chi connectivity index (χ2v) is 8.83. The molecule has 1 aromatic carbocycles. The number of aromatic nitrogens is 2. The van der Waals surface area contributed by atoms with Crippen molar-refractivity contribution >= 4 is 23.7 Å². The van der Waals surface area contributed by atoms with E-state index in [-0.39, 0.29) is 30.3 Å². The van der Waals surface area contributed by atoms with E-state index in [1.54, 1.807) is 23.4 Å². The molecule has 1 saturated heterocycles. The Morgan fingerprint density at radius 1 is 1.06 bits per heavy atom. The lowest BCUT2D eigenvalue weighted by Crippen LogP contribution is -2.51. The van der Waals surface area contributed by atoms with Gasteiger partial charge in [0.15, 0.2) is 0 Å². The van der Waals surface area contributed by atoms with E-state index in [1.807, 2.05) is 12.1 Å². The number of benzene rings is 1. The number of nitrogens with one attached hydrogen (secondary N) is 2. The van der Waals surface area contributed by atoms with Gasteiger partial charge in [0.2, 0.25) is 17.8 Å². The molecule has 1 unspecified atom stereocenters. The van der Waals surface area contributed by atoms with Gasteiger partial charge in [-0.15, -0.1) is 0 Å². The summed E-state index contributed by atoms with van der Waals surface area (Å²) in [4.78, 5) is 51.9. The van der Waals surface area contributed by atoms with Crippen LogP contribution in [-0.4, -0.2) is 89.8 Å². The Kier molecular flexibility index (Phi) is 6.39. The molecular weight excluding hydrogens is 434 g/mol. The van der Waals surface area contributed by atoms with E-state index in [0.29, 0.717) is 51.6 Å². The molecule has 5 rings (SSSR count). The Balaban J connectivity index is 1.07. The molecule has 0 saturated carbocycles. The van der Waals surface area contributed by atoms with Gasteiger partial charge in [-0.1, -0.05) is 12.1 Å².